The van der Waals surface area contributed by atoms with Crippen molar-refractivity contribution in [3.05, 3.63) is 24.3 Å². The van der Waals surface area contributed by atoms with Crippen molar-refractivity contribution in [1.29, 1.82) is 0 Å². The molecule has 4 heteroatoms. The third-order valence-electron chi connectivity index (χ3n) is 3.06. The summed E-state index contributed by atoms with van der Waals surface area (Å²) >= 11 is 0. The third kappa shape index (κ3) is 5.64. The van der Waals surface area contributed by atoms with Crippen LogP contribution in [0.5, 0.6) is 0 Å². The van der Waals surface area contributed by atoms with E-state index >= 15 is 0 Å². The van der Waals surface area contributed by atoms with Crippen molar-refractivity contribution < 1.29 is 9.53 Å². The molecule has 0 heterocycles. The van der Waals surface area contributed by atoms with Crippen molar-refractivity contribution >= 4 is 17.5 Å². The summed E-state index contributed by atoms with van der Waals surface area (Å²) < 4.78 is 4.58. The van der Waals surface area contributed by atoms with Crippen LogP contribution in [-0.4, -0.2) is 19.2 Å². The summed E-state index contributed by atoms with van der Waals surface area (Å²) in [5.74, 6) is 0. The maximum absolute atomic E-state index is 11.2. The molecule has 1 atom stereocenters. The quantitative estimate of drug-likeness (QED) is 0.774. The highest BCUT2D eigenvalue weighted by Crippen LogP contribution is 2.18. The molecule has 1 amide bonds. The lowest BCUT2D eigenvalue weighted by atomic mass is 10.1. The Hall–Kier alpha value is -1.71. The highest BCUT2D eigenvalue weighted by Gasteiger charge is 2.06. The van der Waals surface area contributed by atoms with Gasteiger partial charge in [-0.25, -0.2) is 4.79 Å². The van der Waals surface area contributed by atoms with Crippen LogP contribution in [0.25, 0.3) is 0 Å². The van der Waals surface area contributed by atoms with Crippen LogP contribution in [0.1, 0.15) is 39.5 Å². The van der Waals surface area contributed by atoms with Gasteiger partial charge in [-0.15, -0.1) is 0 Å². The van der Waals surface area contributed by atoms with Crippen LogP contribution in [0.2, 0.25) is 0 Å². The van der Waals surface area contributed by atoms with Crippen molar-refractivity contribution in [2.24, 2.45) is 0 Å². The maximum atomic E-state index is 11.2. The van der Waals surface area contributed by atoms with Crippen LogP contribution in [-0.2, 0) is 4.74 Å². The van der Waals surface area contributed by atoms with Crippen LogP contribution in [0, 0.1) is 0 Å². The maximum Gasteiger partial charge on any atom is 0.411 e. The molecule has 4 nitrogen and oxygen atoms in total. The Bertz CT molecular complexity index is 393. The first-order valence-electron chi connectivity index (χ1n) is 6.91. The van der Waals surface area contributed by atoms with E-state index in [0.29, 0.717) is 6.04 Å². The van der Waals surface area contributed by atoms with E-state index < -0.39 is 6.09 Å². The predicted octanol–water partition coefficient (Wildman–Crippen LogP) is 4.25. The Morgan fingerprint density at radius 1 is 1.32 bits per heavy atom. The number of anilines is 2. The molecule has 1 aromatic carbocycles. The van der Waals surface area contributed by atoms with Crippen molar-refractivity contribution in [2.75, 3.05) is 17.7 Å². The fraction of sp³-hybridized carbons (Fsp3) is 0.533. The van der Waals surface area contributed by atoms with E-state index in [0.717, 1.165) is 17.8 Å². The van der Waals surface area contributed by atoms with Crippen LogP contribution in [0.15, 0.2) is 24.3 Å². The Morgan fingerprint density at radius 2 is 2.05 bits per heavy atom. The Kier molecular flexibility index (Phi) is 6.79. The van der Waals surface area contributed by atoms with E-state index in [1.54, 1.807) is 0 Å². The summed E-state index contributed by atoms with van der Waals surface area (Å²) in [6.45, 7) is 4.39. The minimum absolute atomic E-state index is 0.449. The summed E-state index contributed by atoms with van der Waals surface area (Å²) in [6, 6.07) is 8.17. The SMILES string of the molecule is CCCCC(CC)Nc1cccc(NC(=O)OC)c1. The van der Waals surface area contributed by atoms with Gasteiger partial charge in [-0.3, -0.25) is 5.32 Å². The fourth-order valence-corrected chi connectivity index (χ4v) is 1.92. The zero-order valence-corrected chi connectivity index (χ0v) is 12.0. The molecule has 0 bridgehead atoms. The number of benzene rings is 1. The standard InChI is InChI=1S/C15H24N2O2/c1-4-6-8-12(5-2)16-13-9-7-10-14(11-13)17-15(18)19-3/h7,9-12,16H,4-6,8H2,1-3H3,(H,17,18). The number of ether oxygens (including phenoxy) is 1. The lowest BCUT2D eigenvalue weighted by Gasteiger charge is -2.18. The first kappa shape index (κ1) is 15.3. The van der Waals surface area contributed by atoms with Crippen molar-refractivity contribution in [3.8, 4) is 0 Å². The second-order valence-electron chi connectivity index (χ2n) is 4.59. The first-order chi connectivity index (χ1) is 9.19. The predicted molar refractivity (Wildman–Crippen MR) is 79.7 cm³/mol. The molecular weight excluding hydrogens is 240 g/mol. The number of hydrogen-bond donors (Lipinski definition) is 2. The van der Waals surface area contributed by atoms with Crippen molar-refractivity contribution in [3.63, 3.8) is 0 Å². The van der Waals surface area contributed by atoms with Crippen LogP contribution >= 0.6 is 0 Å². The molecule has 0 saturated carbocycles. The topological polar surface area (TPSA) is 50.4 Å². The van der Waals surface area contributed by atoms with Gasteiger partial charge >= 0.3 is 6.09 Å². The number of rotatable bonds is 7. The van der Waals surface area contributed by atoms with Gasteiger partial charge in [0, 0.05) is 17.4 Å². The molecule has 2 N–H and O–H groups in total. The zero-order chi connectivity index (χ0) is 14.1. The molecule has 0 aliphatic carbocycles. The molecular formula is C15H24N2O2. The number of methoxy groups -OCH3 is 1. The normalized spacial score (nSPS) is 11.7. The largest absolute Gasteiger partial charge is 0.453 e. The molecule has 1 aromatic rings. The summed E-state index contributed by atoms with van der Waals surface area (Å²) in [5, 5.41) is 6.17. The van der Waals surface area contributed by atoms with Gasteiger partial charge in [0.15, 0.2) is 0 Å². The minimum Gasteiger partial charge on any atom is -0.453 e. The van der Waals surface area contributed by atoms with Gasteiger partial charge in [0.1, 0.15) is 0 Å². The average Bonchev–Trinajstić information content (AvgIpc) is 2.43. The number of amides is 1. The van der Waals surface area contributed by atoms with Crippen LogP contribution in [0.3, 0.4) is 0 Å². The highest BCUT2D eigenvalue weighted by atomic mass is 16.5. The molecule has 0 spiro atoms. The van der Waals surface area contributed by atoms with Crippen LogP contribution in [0.4, 0.5) is 16.2 Å². The van der Waals surface area contributed by atoms with E-state index in [9.17, 15) is 4.79 Å². The van der Waals surface area contributed by atoms with Gasteiger partial charge < -0.3 is 10.1 Å². The Labute approximate surface area is 115 Å². The fourth-order valence-electron chi connectivity index (χ4n) is 1.92. The number of nitrogens with one attached hydrogen (secondary N) is 2. The van der Waals surface area contributed by atoms with E-state index in [4.69, 9.17) is 0 Å². The highest BCUT2D eigenvalue weighted by molar-refractivity contribution is 5.85. The first-order valence-corrected chi connectivity index (χ1v) is 6.91. The smallest absolute Gasteiger partial charge is 0.411 e. The monoisotopic (exact) mass is 264 g/mol. The molecule has 1 unspecified atom stereocenters. The minimum atomic E-state index is -0.449. The average molecular weight is 264 g/mol. The molecule has 106 valence electrons. The molecule has 0 aromatic heterocycles. The lowest BCUT2D eigenvalue weighted by molar-refractivity contribution is 0.187. The summed E-state index contributed by atoms with van der Waals surface area (Å²) in [5.41, 5.74) is 1.76. The van der Waals surface area contributed by atoms with Crippen LogP contribution < -0.4 is 10.6 Å². The molecule has 0 radical (unpaired) electrons. The van der Waals surface area contributed by atoms with Gasteiger partial charge in [0.2, 0.25) is 0 Å². The van der Waals surface area contributed by atoms with Gasteiger partial charge in [0.25, 0.3) is 0 Å². The van der Waals surface area contributed by atoms with Gasteiger partial charge in [-0.1, -0.05) is 32.8 Å². The summed E-state index contributed by atoms with van der Waals surface area (Å²) in [7, 11) is 1.36. The number of hydrogen-bond acceptors (Lipinski definition) is 3. The Morgan fingerprint density at radius 3 is 2.68 bits per heavy atom. The number of carbonyl (C=O) groups excluding carboxylic acids is 1. The molecule has 19 heavy (non-hydrogen) atoms. The van der Waals surface area contributed by atoms with Crippen molar-refractivity contribution in [2.45, 2.75) is 45.6 Å². The van der Waals surface area contributed by atoms with E-state index in [2.05, 4.69) is 29.2 Å². The summed E-state index contributed by atoms with van der Waals surface area (Å²) in [4.78, 5) is 11.2. The Balaban J connectivity index is 2.62. The summed E-state index contributed by atoms with van der Waals surface area (Å²) in [6.07, 6.45) is 4.25. The number of carbonyl (C=O) groups is 1. The second kappa shape index (κ2) is 8.40. The molecule has 0 aliphatic rings. The van der Waals surface area contributed by atoms with Crippen molar-refractivity contribution in [1.82, 2.24) is 0 Å². The van der Waals surface area contributed by atoms with E-state index in [1.807, 2.05) is 24.3 Å². The molecule has 0 saturated heterocycles. The van der Waals surface area contributed by atoms with E-state index in [1.165, 1.54) is 26.4 Å². The van der Waals surface area contributed by atoms with E-state index in [-0.39, 0.29) is 0 Å². The molecule has 1 rings (SSSR count). The van der Waals surface area contributed by atoms with Gasteiger partial charge in [-0.05, 0) is 31.0 Å². The number of unbranched alkanes of at least 4 members (excludes halogenated alkanes) is 1. The molecule has 0 aliphatic heterocycles. The second-order valence-corrected chi connectivity index (χ2v) is 4.59. The lowest BCUT2D eigenvalue weighted by Crippen LogP contribution is -2.18. The zero-order valence-electron chi connectivity index (χ0n) is 12.0. The van der Waals surface area contributed by atoms with Gasteiger partial charge in [-0.2, -0.15) is 0 Å². The van der Waals surface area contributed by atoms with Gasteiger partial charge in [0.05, 0.1) is 7.11 Å². The third-order valence-corrected chi connectivity index (χ3v) is 3.06. The molecule has 0 fully saturated rings.